The quantitative estimate of drug-likeness (QED) is 0.897. The van der Waals surface area contributed by atoms with E-state index in [2.05, 4.69) is 24.4 Å². The SMILES string of the molecule is COc1cc(C2(C)CCCN2)cc(Cl)c1C1CC1. The fraction of sp³-hybridized carbons (Fsp3) is 0.600. The molecule has 1 aromatic carbocycles. The lowest BCUT2D eigenvalue weighted by Crippen LogP contribution is -2.33. The first kappa shape index (κ1) is 12.3. The zero-order valence-electron chi connectivity index (χ0n) is 11.1. The molecule has 1 saturated heterocycles. The van der Waals surface area contributed by atoms with E-state index in [1.165, 1.54) is 30.4 Å². The molecular formula is C15H20ClNO. The highest BCUT2D eigenvalue weighted by Crippen LogP contribution is 2.49. The molecule has 2 nitrogen and oxygen atoms in total. The molecule has 98 valence electrons. The summed E-state index contributed by atoms with van der Waals surface area (Å²) in [4.78, 5) is 0. The number of halogens is 1. The molecule has 1 aromatic rings. The van der Waals surface area contributed by atoms with E-state index in [0.717, 1.165) is 23.7 Å². The minimum absolute atomic E-state index is 0.0546. The highest BCUT2D eigenvalue weighted by Gasteiger charge is 2.34. The number of nitrogens with one attached hydrogen (secondary N) is 1. The Labute approximate surface area is 114 Å². The monoisotopic (exact) mass is 265 g/mol. The minimum Gasteiger partial charge on any atom is -0.496 e. The van der Waals surface area contributed by atoms with Crippen molar-refractivity contribution in [2.45, 2.75) is 44.1 Å². The number of ether oxygens (including phenoxy) is 1. The first-order valence-corrected chi connectivity index (χ1v) is 7.15. The molecule has 3 heteroatoms. The summed E-state index contributed by atoms with van der Waals surface area (Å²) < 4.78 is 5.56. The lowest BCUT2D eigenvalue weighted by atomic mass is 9.89. The minimum atomic E-state index is 0.0546. The second-order valence-electron chi connectivity index (χ2n) is 5.71. The van der Waals surface area contributed by atoms with Gasteiger partial charge in [0.15, 0.2) is 0 Å². The molecule has 1 N–H and O–H groups in total. The second kappa shape index (κ2) is 4.43. The van der Waals surface area contributed by atoms with Crippen LogP contribution >= 0.6 is 11.6 Å². The zero-order valence-corrected chi connectivity index (χ0v) is 11.8. The van der Waals surface area contributed by atoms with Crippen molar-refractivity contribution in [1.29, 1.82) is 0 Å². The maximum atomic E-state index is 6.48. The van der Waals surface area contributed by atoms with Crippen molar-refractivity contribution in [2.24, 2.45) is 0 Å². The second-order valence-corrected chi connectivity index (χ2v) is 6.12. The van der Waals surface area contributed by atoms with Gasteiger partial charge in [0.05, 0.1) is 7.11 Å². The van der Waals surface area contributed by atoms with Gasteiger partial charge in [0, 0.05) is 16.1 Å². The predicted octanol–water partition coefficient (Wildman–Crippen LogP) is 3.82. The Morgan fingerprint density at radius 1 is 1.39 bits per heavy atom. The summed E-state index contributed by atoms with van der Waals surface area (Å²) in [6.45, 7) is 3.34. The average Bonchev–Trinajstić information content (AvgIpc) is 3.09. The van der Waals surface area contributed by atoms with Gasteiger partial charge in [0.1, 0.15) is 5.75 Å². The van der Waals surface area contributed by atoms with Crippen molar-refractivity contribution in [3.05, 3.63) is 28.3 Å². The van der Waals surface area contributed by atoms with Gasteiger partial charge >= 0.3 is 0 Å². The van der Waals surface area contributed by atoms with E-state index in [-0.39, 0.29) is 5.54 Å². The Balaban J connectivity index is 2.04. The molecule has 0 amide bonds. The van der Waals surface area contributed by atoms with Gasteiger partial charge in [-0.15, -0.1) is 0 Å². The van der Waals surface area contributed by atoms with Gasteiger partial charge in [0.2, 0.25) is 0 Å². The van der Waals surface area contributed by atoms with Crippen LogP contribution in [0.1, 0.15) is 49.7 Å². The molecule has 1 aliphatic heterocycles. The van der Waals surface area contributed by atoms with Crippen molar-refractivity contribution in [3.8, 4) is 5.75 Å². The molecule has 1 heterocycles. The van der Waals surface area contributed by atoms with Gasteiger partial charge in [-0.2, -0.15) is 0 Å². The molecule has 0 spiro atoms. The Hall–Kier alpha value is -0.730. The van der Waals surface area contributed by atoms with Crippen molar-refractivity contribution in [3.63, 3.8) is 0 Å². The standard InChI is InChI=1S/C15H20ClNO/c1-15(6-3-7-17-15)11-8-12(16)14(10-4-5-10)13(9-11)18-2/h8-10,17H,3-7H2,1-2H3. The molecule has 0 aromatic heterocycles. The molecule has 0 radical (unpaired) electrons. The zero-order chi connectivity index (χ0) is 12.8. The van der Waals surface area contributed by atoms with Crippen LogP contribution in [0.5, 0.6) is 5.75 Å². The average molecular weight is 266 g/mol. The Morgan fingerprint density at radius 3 is 2.72 bits per heavy atom. The molecule has 3 rings (SSSR count). The van der Waals surface area contributed by atoms with Crippen LogP contribution in [-0.2, 0) is 5.54 Å². The van der Waals surface area contributed by atoms with E-state index in [9.17, 15) is 0 Å². The molecule has 1 atom stereocenters. The van der Waals surface area contributed by atoms with Crippen LogP contribution in [0.3, 0.4) is 0 Å². The van der Waals surface area contributed by atoms with E-state index in [4.69, 9.17) is 16.3 Å². The number of hydrogen-bond donors (Lipinski definition) is 1. The molecule has 1 unspecified atom stereocenters. The van der Waals surface area contributed by atoms with E-state index in [0.29, 0.717) is 5.92 Å². The smallest absolute Gasteiger partial charge is 0.124 e. The van der Waals surface area contributed by atoms with Crippen LogP contribution < -0.4 is 10.1 Å². The van der Waals surface area contributed by atoms with Gasteiger partial charge < -0.3 is 10.1 Å². The molecule has 0 bridgehead atoms. The van der Waals surface area contributed by atoms with E-state index >= 15 is 0 Å². The molecule has 1 saturated carbocycles. The number of benzene rings is 1. The largest absolute Gasteiger partial charge is 0.496 e. The van der Waals surface area contributed by atoms with Crippen molar-refractivity contribution >= 4 is 11.6 Å². The summed E-state index contributed by atoms with van der Waals surface area (Å²) in [5.74, 6) is 1.58. The molecule has 2 aliphatic rings. The van der Waals surface area contributed by atoms with Gasteiger partial charge in [-0.05, 0) is 62.8 Å². The number of hydrogen-bond acceptors (Lipinski definition) is 2. The van der Waals surface area contributed by atoms with Crippen molar-refractivity contribution < 1.29 is 4.74 Å². The lowest BCUT2D eigenvalue weighted by molar-refractivity contribution is 0.400. The summed E-state index contributed by atoms with van der Waals surface area (Å²) >= 11 is 6.48. The Bertz CT molecular complexity index is 462. The van der Waals surface area contributed by atoms with Crippen LogP contribution in [-0.4, -0.2) is 13.7 Å². The van der Waals surface area contributed by atoms with Gasteiger partial charge in [0.25, 0.3) is 0 Å². The van der Waals surface area contributed by atoms with Gasteiger partial charge in [-0.25, -0.2) is 0 Å². The lowest BCUT2D eigenvalue weighted by Gasteiger charge is -2.26. The molecule has 2 fully saturated rings. The highest BCUT2D eigenvalue weighted by molar-refractivity contribution is 6.31. The summed E-state index contributed by atoms with van der Waals surface area (Å²) in [5, 5.41) is 4.45. The van der Waals surface area contributed by atoms with E-state index in [1.54, 1.807) is 7.11 Å². The molecule has 1 aliphatic carbocycles. The van der Waals surface area contributed by atoms with Crippen LogP contribution in [0.4, 0.5) is 0 Å². The van der Waals surface area contributed by atoms with Gasteiger partial charge in [-0.3, -0.25) is 0 Å². The maximum absolute atomic E-state index is 6.48. The van der Waals surface area contributed by atoms with Crippen LogP contribution in [0.2, 0.25) is 5.02 Å². The van der Waals surface area contributed by atoms with Gasteiger partial charge in [-0.1, -0.05) is 11.6 Å². The summed E-state index contributed by atoms with van der Waals surface area (Å²) in [5.41, 5.74) is 2.52. The maximum Gasteiger partial charge on any atom is 0.124 e. The van der Waals surface area contributed by atoms with Crippen molar-refractivity contribution in [2.75, 3.05) is 13.7 Å². The fourth-order valence-electron chi connectivity index (χ4n) is 2.99. The third-order valence-corrected chi connectivity index (χ3v) is 4.62. The Kier molecular flexibility index (Phi) is 3.03. The fourth-order valence-corrected chi connectivity index (χ4v) is 3.35. The highest BCUT2D eigenvalue weighted by atomic mass is 35.5. The van der Waals surface area contributed by atoms with E-state index in [1.807, 2.05) is 0 Å². The summed E-state index contributed by atoms with van der Waals surface area (Å²) in [7, 11) is 1.74. The summed E-state index contributed by atoms with van der Waals surface area (Å²) in [6, 6.07) is 4.31. The molecule has 18 heavy (non-hydrogen) atoms. The van der Waals surface area contributed by atoms with Crippen molar-refractivity contribution in [1.82, 2.24) is 5.32 Å². The molecular weight excluding hydrogens is 246 g/mol. The first-order chi connectivity index (χ1) is 8.64. The normalized spacial score (nSPS) is 27.5. The third kappa shape index (κ3) is 2.02. The first-order valence-electron chi connectivity index (χ1n) is 6.77. The third-order valence-electron chi connectivity index (χ3n) is 4.30. The Morgan fingerprint density at radius 2 is 2.17 bits per heavy atom. The topological polar surface area (TPSA) is 21.3 Å². The van der Waals surface area contributed by atoms with E-state index < -0.39 is 0 Å². The number of methoxy groups -OCH3 is 1. The summed E-state index contributed by atoms with van der Waals surface area (Å²) in [6.07, 6.45) is 4.87. The predicted molar refractivity (Wildman–Crippen MR) is 74.6 cm³/mol. The van der Waals surface area contributed by atoms with Crippen LogP contribution in [0.15, 0.2) is 12.1 Å². The van der Waals surface area contributed by atoms with Crippen LogP contribution in [0.25, 0.3) is 0 Å². The number of rotatable bonds is 3. The van der Waals surface area contributed by atoms with Crippen LogP contribution in [0, 0.1) is 0 Å².